The molecule has 0 amide bonds. The number of aromatic nitrogens is 1. The second kappa shape index (κ2) is 5.61. The summed E-state index contributed by atoms with van der Waals surface area (Å²) < 4.78 is 0. The number of likely N-dealkylation sites (tertiary alicyclic amines) is 1. The minimum Gasteiger partial charge on any atom is -0.306 e. The van der Waals surface area contributed by atoms with E-state index in [0.717, 1.165) is 5.69 Å². The topological polar surface area (TPSA) is 28.2 Å². The molecule has 3 nitrogen and oxygen atoms in total. The van der Waals surface area contributed by atoms with Crippen LogP contribution in [0.3, 0.4) is 0 Å². The number of piperidine rings is 1. The minimum atomic E-state index is 0.344. The smallest absolute Gasteiger partial charge is 0.0570 e. The molecule has 1 N–H and O–H groups in total. The van der Waals surface area contributed by atoms with Crippen molar-refractivity contribution in [3.05, 3.63) is 30.1 Å². The van der Waals surface area contributed by atoms with E-state index in [1.54, 1.807) is 0 Å². The largest absolute Gasteiger partial charge is 0.306 e. The molecule has 2 heterocycles. The summed E-state index contributed by atoms with van der Waals surface area (Å²) in [6.45, 7) is 5.69. The molecule has 3 heteroatoms. The second-order valence-corrected chi connectivity index (χ2v) is 5.19. The Balaban J connectivity index is 1.89. The van der Waals surface area contributed by atoms with Crippen molar-refractivity contribution in [1.29, 1.82) is 0 Å². The Morgan fingerprint density at radius 1 is 1.47 bits per heavy atom. The molecule has 1 aliphatic heterocycles. The molecule has 0 aliphatic carbocycles. The van der Waals surface area contributed by atoms with Gasteiger partial charge in [0.05, 0.1) is 5.69 Å². The van der Waals surface area contributed by atoms with Crippen LogP contribution in [0.15, 0.2) is 24.4 Å². The predicted molar refractivity (Wildman–Crippen MR) is 70.9 cm³/mol. The molecule has 0 bridgehead atoms. The van der Waals surface area contributed by atoms with Crippen molar-refractivity contribution in [1.82, 2.24) is 15.2 Å². The maximum Gasteiger partial charge on any atom is 0.0570 e. The first-order valence-electron chi connectivity index (χ1n) is 6.54. The predicted octanol–water partition coefficient (Wildman–Crippen LogP) is 2.21. The molecule has 3 atom stereocenters. The molecule has 94 valence electrons. The summed E-state index contributed by atoms with van der Waals surface area (Å²) in [5.41, 5.74) is 1.14. The summed E-state index contributed by atoms with van der Waals surface area (Å²) >= 11 is 0. The standard InChI is InChI=1S/C14H23N3/c1-11-10-13(7-9-17(11)3)16-12(2)14-6-4-5-8-15-14/h4-6,8,11-13,16H,7,9-10H2,1-3H3. The van der Waals surface area contributed by atoms with Crippen molar-refractivity contribution in [3.8, 4) is 0 Å². The number of pyridine rings is 1. The van der Waals surface area contributed by atoms with Crippen molar-refractivity contribution >= 4 is 0 Å². The van der Waals surface area contributed by atoms with Gasteiger partial charge in [-0.05, 0) is 52.4 Å². The van der Waals surface area contributed by atoms with Crippen LogP contribution in [0.5, 0.6) is 0 Å². The second-order valence-electron chi connectivity index (χ2n) is 5.19. The number of hydrogen-bond donors (Lipinski definition) is 1. The molecule has 17 heavy (non-hydrogen) atoms. The highest BCUT2D eigenvalue weighted by Gasteiger charge is 2.23. The van der Waals surface area contributed by atoms with Crippen molar-refractivity contribution in [2.24, 2.45) is 0 Å². The zero-order valence-electron chi connectivity index (χ0n) is 11.1. The molecule has 1 aromatic rings. The molecule has 1 aliphatic rings. The van der Waals surface area contributed by atoms with E-state index < -0.39 is 0 Å². The Kier molecular flexibility index (Phi) is 4.13. The van der Waals surface area contributed by atoms with Crippen LogP contribution in [-0.4, -0.2) is 35.6 Å². The Labute approximate surface area is 104 Å². The maximum absolute atomic E-state index is 4.41. The lowest BCUT2D eigenvalue weighted by atomic mass is 9.98. The normalized spacial score (nSPS) is 27.9. The summed E-state index contributed by atoms with van der Waals surface area (Å²) in [4.78, 5) is 6.84. The Bertz CT molecular complexity index is 339. The molecule has 0 radical (unpaired) electrons. The molecular weight excluding hydrogens is 210 g/mol. The van der Waals surface area contributed by atoms with E-state index in [4.69, 9.17) is 0 Å². The summed E-state index contributed by atoms with van der Waals surface area (Å²) in [7, 11) is 2.21. The zero-order chi connectivity index (χ0) is 12.3. The summed E-state index contributed by atoms with van der Waals surface area (Å²) in [6, 6.07) is 7.76. The lowest BCUT2D eigenvalue weighted by Crippen LogP contribution is -2.46. The summed E-state index contributed by atoms with van der Waals surface area (Å²) in [6.07, 6.45) is 4.33. The first-order valence-corrected chi connectivity index (χ1v) is 6.54. The number of nitrogens with one attached hydrogen (secondary N) is 1. The quantitative estimate of drug-likeness (QED) is 0.867. The van der Waals surface area contributed by atoms with Gasteiger partial charge in [0.2, 0.25) is 0 Å². The van der Waals surface area contributed by atoms with E-state index in [2.05, 4.69) is 48.2 Å². The van der Waals surface area contributed by atoms with Crippen LogP contribution >= 0.6 is 0 Å². The highest BCUT2D eigenvalue weighted by Crippen LogP contribution is 2.18. The highest BCUT2D eigenvalue weighted by atomic mass is 15.1. The zero-order valence-corrected chi connectivity index (χ0v) is 11.1. The molecular formula is C14H23N3. The van der Waals surface area contributed by atoms with Crippen LogP contribution in [0.2, 0.25) is 0 Å². The third-order valence-electron chi connectivity index (χ3n) is 3.83. The molecule has 1 fully saturated rings. The van der Waals surface area contributed by atoms with E-state index in [1.807, 2.05) is 12.3 Å². The maximum atomic E-state index is 4.41. The van der Waals surface area contributed by atoms with Crippen LogP contribution in [0.4, 0.5) is 0 Å². The van der Waals surface area contributed by atoms with Gasteiger partial charge in [-0.1, -0.05) is 6.07 Å². The number of rotatable bonds is 3. The van der Waals surface area contributed by atoms with Gasteiger partial charge in [0, 0.05) is 24.3 Å². The molecule has 1 saturated heterocycles. The average molecular weight is 233 g/mol. The van der Waals surface area contributed by atoms with Gasteiger partial charge in [-0.25, -0.2) is 0 Å². The van der Waals surface area contributed by atoms with E-state index in [9.17, 15) is 0 Å². The molecule has 3 unspecified atom stereocenters. The van der Waals surface area contributed by atoms with Gasteiger partial charge in [-0.3, -0.25) is 4.98 Å². The Morgan fingerprint density at radius 2 is 2.29 bits per heavy atom. The lowest BCUT2D eigenvalue weighted by molar-refractivity contribution is 0.163. The van der Waals surface area contributed by atoms with Crippen LogP contribution in [0.25, 0.3) is 0 Å². The molecule has 0 saturated carbocycles. The van der Waals surface area contributed by atoms with E-state index in [1.165, 1.54) is 19.4 Å². The van der Waals surface area contributed by atoms with Gasteiger partial charge in [0.15, 0.2) is 0 Å². The first kappa shape index (κ1) is 12.5. The number of hydrogen-bond acceptors (Lipinski definition) is 3. The fraction of sp³-hybridized carbons (Fsp3) is 0.643. The van der Waals surface area contributed by atoms with E-state index >= 15 is 0 Å². The third-order valence-corrected chi connectivity index (χ3v) is 3.83. The fourth-order valence-corrected chi connectivity index (χ4v) is 2.51. The van der Waals surface area contributed by atoms with Crippen LogP contribution < -0.4 is 5.32 Å². The number of nitrogens with zero attached hydrogens (tertiary/aromatic N) is 2. The van der Waals surface area contributed by atoms with Crippen molar-refractivity contribution < 1.29 is 0 Å². The molecule has 0 spiro atoms. The monoisotopic (exact) mass is 233 g/mol. The van der Waals surface area contributed by atoms with Crippen LogP contribution in [0, 0.1) is 0 Å². The van der Waals surface area contributed by atoms with E-state index in [0.29, 0.717) is 18.1 Å². The minimum absolute atomic E-state index is 0.344. The van der Waals surface area contributed by atoms with Crippen LogP contribution in [-0.2, 0) is 0 Å². The molecule has 0 aromatic carbocycles. The highest BCUT2D eigenvalue weighted by molar-refractivity contribution is 5.08. The Hall–Kier alpha value is -0.930. The molecule has 2 rings (SSSR count). The lowest BCUT2D eigenvalue weighted by Gasteiger charge is -2.36. The van der Waals surface area contributed by atoms with E-state index in [-0.39, 0.29) is 0 Å². The average Bonchev–Trinajstić information content (AvgIpc) is 2.35. The Morgan fingerprint density at radius 3 is 2.94 bits per heavy atom. The molecule has 1 aromatic heterocycles. The SMILES string of the molecule is CC(NC1CCN(C)C(C)C1)c1ccccn1. The van der Waals surface area contributed by atoms with Crippen molar-refractivity contribution in [2.75, 3.05) is 13.6 Å². The summed E-state index contributed by atoms with van der Waals surface area (Å²) in [5, 5.41) is 3.70. The van der Waals surface area contributed by atoms with Crippen LogP contribution in [0.1, 0.15) is 38.4 Å². The van der Waals surface area contributed by atoms with Gasteiger partial charge >= 0.3 is 0 Å². The van der Waals surface area contributed by atoms with Gasteiger partial charge in [0.25, 0.3) is 0 Å². The summed E-state index contributed by atoms with van der Waals surface area (Å²) in [5.74, 6) is 0. The first-order chi connectivity index (χ1) is 8.16. The fourth-order valence-electron chi connectivity index (χ4n) is 2.51. The van der Waals surface area contributed by atoms with Gasteiger partial charge in [0.1, 0.15) is 0 Å². The van der Waals surface area contributed by atoms with Crippen molar-refractivity contribution in [2.45, 2.75) is 44.8 Å². The third kappa shape index (κ3) is 3.27. The van der Waals surface area contributed by atoms with Gasteiger partial charge < -0.3 is 10.2 Å². The van der Waals surface area contributed by atoms with Gasteiger partial charge in [-0.2, -0.15) is 0 Å². The van der Waals surface area contributed by atoms with Crippen molar-refractivity contribution in [3.63, 3.8) is 0 Å². The van der Waals surface area contributed by atoms with Gasteiger partial charge in [-0.15, -0.1) is 0 Å².